The number of amides is 1. The summed E-state index contributed by atoms with van der Waals surface area (Å²) >= 11 is 12.0. The van der Waals surface area contributed by atoms with Crippen LogP contribution in [0.3, 0.4) is 0 Å². The zero-order chi connectivity index (χ0) is 14.9. The van der Waals surface area contributed by atoms with Crippen molar-refractivity contribution in [2.75, 3.05) is 5.32 Å². The number of nitrogens with one attached hydrogen (secondary N) is 1. The average molecular weight is 425 g/mol. The lowest BCUT2D eigenvalue weighted by atomic mass is 10.2. The average Bonchev–Trinajstić information content (AvgIpc) is 2.39. The van der Waals surface area contributed by atoms with Gasteiger partial charge in [0.25, 0.3) is 5.91 Å². The van der Waals surface area contributed by atoms with Crippen molar-refractivity contribution in [1.82, 2.24) is 0 Å². The van der Waals surface area contributed by atoms with Crippen LogP contribution < -0.4 is 5.32 Å². The maximum Gasteiger partial charge on any atom is 0.255 e. The van der Waals surface area contributed by atoms with Crippen LogP contribution >= 0.6 is 43.5 Å². The molecular weight excluding hydrogens is 419 g/mol. The summed E-state index contributed by atoms with van der Waals surface area (Å²) in [4.78, 5) is 12.0. The minimum Gasteiger partial charge on any atom is -0.319 e. The van der Waals surface area contributed by atoms with Crippen molar-refractivity contribution >= 4 is 55.1 Å². The van der Waals surface area contributed by atoms with E-state index in [2.05, 4.69) is 37.2 Å². The lowest BCUT2D eigenvalue weighted by molar-refractivity contribution is 0.102. The third kappa shape index (κ3) is 3.37. The van der Waals surface area contributed by atoms with E-state index in [1.165, 1.54) is 12.1 Å². The van der Waals surface area contributed by atoms with Crippen LogP contribution in [-0.4, -0.2) is 5.91 Å². The van der Waals surface area contributed by atoms with Gasteiger partial charge in [-0.05, 0) is 56.1 Å². The molecule has 0 atom stereocenters. The molecule has 0 fully saturated rings. The fourth-order valence-electron chi connectivity index (χ4n) is 1.45. The minimum absolute atomic E-state index is 0.0584. The zero-order valence-electron chi connectivity index (χ0n) is 9.68. The molecule has 0 bridgehead atoms. The first-order valence-corrected chi connectivity index (χ1v) is 7.26. The highest BCUT2D eigenvalue weighted by Gasteiger charge is 2.13. The number of halogens is 5. The van der Waals surface area contributed by atoms with Gasteiger partial charge in [0, 0.05) is 16.1 Å². The Morgan fingerprint density at radius 1 is 1.05 bits per heavy atom. The van der Waals surface area contributed by atoms with Crippen molar-refractivity contribution in [3.63, 3.8) is 0 Å². The lowest BCUT2D eigenvalue weighted by Gasteiger charge is -2.08. The van der Waals surface area contributed by atoms with E-state index in [0.29, 0.717) is 15.6 Å². The second-order valence-corrected chi connectivity index (χ2v) is 5.95. The largest absolute Gasteiger partial charge is 0.319 e. The molecule has 0 aliphatic heterocycles. The molecule has 20 heavy (non-hydrogen) atoms. The molecule has 0 saturated carbocycles. The van der Waals surface area contributed by atoms with Gasteiger partial charge in [-0.1, -0.05) is 11.6 Å². The van der Waals surface area contributed by atoms with Crippen LogP contribution in [0.1, 0.15) is 10.4 Å². The zero-order valence-corrected chi connectivity index (χ0v) is 13.6. The topological polar surface area (TPSA) is 29.1 Å². The van der Waals surface area contributed by atoms with E-state index >= 15 is 0 Å². The Labute approximate surface area is 135 Å². The summed E-state index contributed by atoms with van der Waals surface area (Å²) in [6, 6.07) is 6.42. The molecule has 0 unspecified atom stereocenters. The molecule has 0 aromatic heterocycles. The van der Waals surface area contributed by atoms with Crippen molar-refractivity contribution in [2.45, 2.75) is 0 Å². The normalized spacial score (nSPS) is 10.4. The number of rotatable bonds is 2. The summed E-state index contributed by atoms with van der Waals surface area (Å²) in [6.07, 6.45) is 0. The van der Waals surface area contributed by atoms with E-state index in [9.17, 15) is 13.6 Å². The molecule has 2 rings (SSSR count). The van der Waals surface area contributed by atoms with Gasteiger partial charge in [0.2, 0.25) is 0 Å². The van der Waals surface area contributed by atoms with Crippen LogP contribution in [0.25, 0.3) is 0 Å². The first-order valence-electron chi connectivity index (χ1n) is 5.29. The van der Waals surface area contributed by atoms with E-state index in [-0.39, 0.29) is 15.7 Å². The van der Waals surface area contributed by atoms with Crippen LogP contribution in [0.15, 0.2) is 39.3 Å². The lowest BCUT2D eigenvalue weighted by Crippen LogP contribution is -2.13. The van der Waals surface area contributed by atoms with Gasteiger partial charge in [0.1, 0.15) is 11.6 Å². The van der Waals surface area contributed by atoms with Crippen LogP contribution in [-0.2, 0) is 0 Å². The maximum absolute atomic E-state index is 13.5. The van der Waals surface area contributed by atoms with Crippen molar-refractivity contribution in [3.05, 3.63) is 61.5 Å². The summed E-state index contributed by atoms with van der Waals surface area (Å²) in [5.41, 5.74) is 0.139. The Bertz CT molecular complexity index is 694. The molecule has 104 valence electrons. The molecule has 2 aromatic rings. The van der Waals surface area contributed by atoms with Crippen LogP contribution in [0.2, 0.25) is 5.02 Å². The van der Waals surface area contributed by atoms with Gasteiger partial charge in [-0.25, -0.2) is 8.78 Å². The quantitative estimate of drug-likeness (QED) is 0.642. The SMILES string of the molecule is O=C(Nc1cc(Br)c(F)cc1F)c1ccc(Br)c(Cl)c1. The molecule has 1 amide bonds. The van der Waals surface area contributed by atoms with Gasteiger partial charge in [-0.15, -0.1) is 0 Å². The fourth-order valence-corrected chi connectivity index (χ4v) is 2.22. The smallest absolute Gasteiger partial charge is 0.255 e. The first-order chi connectivity index (χ1) is 9.38. The van der Waals surface area contributed by atoms with Crippen molar-refractivity contribution in [1.29, 1.82) is 0 Å². The Morgan fingerprint density at radius 3 is 2.40 bits per heavy atom. The van der Waals surface area contributed by atoms with Gasteiger partial charge in [-0.2, -0.15) is 0 Å². The molecule has 0 spiro atoms. The summed E-state index contributed by atoms with van der Waals surface area (Å²) in [5.74, 6) is -2.15. The Morgan fingerprint density at radius 2 is 1.75 bits per heavy atom. The Balaban J connectivity index is 2.27. The molecule has 0 saturated heterocycles. The number of benzene rings is 2. The van der Waals surface area contributed by atoms with Crippen molar-refractivity contribution in [3.8, 4) is 0 Å². The number of hydrogen-bond acceptors (Lipinski definition) is 1. The summed E-state index contributed by atoms with van der Waals surface area (Å²) in [5, 5.41) is 2.72. The van der Waals surface area contributed by atoms with Crippen LogP contribution in [0, 0.1) is 11.6 Å². The van der Waals surface area contributed by atoms with Gasteiger partial charge in [-0.3, -0.25) is 4.79 Å². The van der Waals surface area contributed by atoms with Crippen molar-refractivity contribution in [2.24, 2.45) is 0 Å². The highest BCUT2D eigenvalue weighted by molar-refractivity contribution is 9.10. The van der Waals surface area contributed by atoms with E-state index < -0.39 is 17.5 Å². The second kappa shape index (κ2) is 6.20. The fraction of sp³-hybridized carbons (Fsp3) is 0. The Hall–Kier alpha value is -0.980. The highest BCUT2D eigenvalue weighted by Crippen LogP contribution is 2.26. The molecule has 1 N–H and O–H groups in total. The molecule has 7 heteroatoms. The van der Waals surface area contributed by atoms with Gasteiger partial charge in [0.15, 0.2) is 0 Å². The summed E-state index contributed by atoms with van der Waals surface area (Å²) < 4.78 is 27.3. The second-order valence-electron chi connectivity index (χ2n) is 3.83. The van der Waals surface area contributed by atoms with E-state index in [4.69, 9.17) is 11.6 Å². The standard InChI is InChI=1S/C13H6Br2ClF2NO/c14-7-2-1-6(3-9(7)16)13(20)19-12-4-8(15)10(17)5-11(12)18/h1-5H,(H,19,20). The molecule has 0 heterocycles. The number of carbonyl (C=O) groups excluding carboxylic acids is 1. The van der Waals surface area contributed by atoms with Crippen molar-refractivity contribution < 1.29 is 13.6 Å². The number of carbonyl (C=O) groups is 1. The molecule has 2 aromatic carbocycles. The molecule has 0 radical (unpaired) electrons. The van der Waals surface area contributed by atoms with Gasteiger partial charge < -0.3 is 5.32 Å². The minimum atomic E-state index is -0.859. The predicted octanol–water partition coefficient (Wildman–Crippen LogP) is 5.40. The highest BCUT2D eigenvalue weighted by atomic mass is 79.9. The summed E-state index contributed by atoms with van der Waals surface area (Å²) in [6.45, 7) is 0. The van der Waals surface area contributed by atoms with E-state index in [0.717, 1.165) is 6.07 Å². The predicted molar refractivity (Wildman–Crippen MR) is 81.2 cm³/mol. The Kier molecular flexibility index (Phi) is 4.78. The van der Waals surface area contributed by atoms with Crippen LogP contribution in [0.5, 0.6) is 0 Å². The van der Waals surface area contributed by atoms with Gasteiger partial charge >= 0.3 is 0 Å². The third-order valence-corrected chi connectivity index (χ3v) is 4.28. The molecule has 0 aliphatic rings. The van der Waals surface area contributed by atoms with E-state index in [1.807, 2.05) is 0 Å². The first kappa shape index (κ1) is 15.4. The summed E-state index contributed by atoms with van der Waals surface area (Å²) in [7, 11) is 0. The van der Waals surface area contributed by atoms with E-state index in [1.54, 1.807) is 6.07 Å². The molecule has 0 aliphatic carbocycles. The number of anilines is 1. The molecule has 2 nitrogen and oxygen atoms in total. The third-order valence-electron chi connectivity index (χ3n) is 2.44. The maximum atomic E-state index is 13.5. The van der Waals surface area contributed by atoms with Crippen LogP contribution in [0.4, 0.5) is 14.5 Å². The number of hydrogen-bond donors (Lipinski definition) is 1. The monoisotopic (exact) mass is 423 g/mol. The van der Waals surface area contributed by atoms with Gasteiger partial charge in [0.05, 0.1) is 15.2 Å². The molecular formula is C13H6Br2ClF2NO.